The summed E-state index contributed by atoms with van der Waals surface area (Å²) >= 11 is 0. The van der Waals surface area contributed by atoms with E-state index in [2.05, 4.69) is 4.90 Å². The number of carbonyl (C=O) groups excluding carboxylic acids is 4. The number of hydrogen-bond donors (Lipinski definition) is 1. The quantitative estimate of drug-likeness (QED) is 0.320. The van der Waals surface area contributed by atoms with Gasteiger partial charge in [-0.1, -0.05) is 6.07 Å². The van der Waals surface area contributed by atoms with Gasteiger partial charge in [-0.3, -0.25) is 4.79 Å². The number of esters is 3. The Labute approximate surface area is 274 Å². The van der Waals surface area contributed by atoms with Crippen LogP contribution in [0.25, 0.3) is 0 Å². The van der Waals surface area contributed by atoms with E-state index in [9.17, 15) is 24.3 Å². The number of ether oxygens (including phenoxy) is 7. The standard InChI is InChI=1S/C34H45NO12/c1-18(42-30(39)47-32(5,6)7)28(37)44-22(29(38)46-31(2,3)4)17-24(36)43-21-12-13-34(40)23-16-19-10-11-20(41-9)26-25(19)33(34,27(21)45-26)14-15-35(23)8/h10-12,18,22-23,27,40H,13-17H2,1-9H3/t18-,22-,23-,27-,33-,34+/m0/s1. The Kier molecular flexibility index (Phi) is 8.80. The van der Waals surface area contributed by atoms with Crippen LogP contribution in [0.5, 0.6) is 11.5 Å². The zero-order valence-electron chi connectivity index (χ0n) is 28.5. The van der Waals surface area contributed by atoms with Crippen LogP contribution in [0.15, 0.2) is 24.0 Å². The second kappa shape index (κ2) is 12.0. The lowest BCUT2D eigenvalue weighted by molar-refractivity contribution is -0.183. The fourth-order valence-corrected chi connectivity index (χ4v) is 7.16. The highest BCUT2D eigenvalue weighted by atomic mass is 16.7. The lowest BCUT2D eigenvalue weighted by Crippen LogP contribution is -2.74. The Morgan fingerprint density at radius 1 is 1.04 bits per heavy atom. The molecule has 0 amide bonds. The van der Waals surface area contributed by atoms with Gasteiger partial charge in [-0.2, -0.15) is 0 Å². The Balaban J connectivity index is 1.37. The second-order valence-corrected chi connectivity index (χ2v) is 14.6. The van der Waals surface area contributed by atoms with Gasteiger partial charge in [0.1, 0.15) is 17.0 Å². The highest BCUT2D eigenvalue weighted by Crippen LogP contribution is 2.65. The number of piperidine rings is 1. The van der Waals surface area contributed by atoms with Crippen molar-refractivity contribution >= 4 is 24.1 Å². The van der Waals surface area contributed by atoms with E-state index in [0.717, 1.165) is 11.1 Å². The lowest BCUT2D eigenvalue weighted by atomic mass is 9.50. The normalized spacial score (nSPS) is 27.2. The highest BCUT2D eigenvalue weighted by molar-refractivity contribution is 5.86. The van der Waals surface area contributed by atoms with Gasteiger partial charge in [-0.05, 0) is 92.6 Å². The van der Waals surface area contributed by atoms with Crippen molar-refractivity contribution in [3.63, 3.8) is 0 Å². The summed E-state index contributed by atoms with van der Waals surface area (Å²) in [6.07, 6.45) is -2.81. The summed E-state index contributed by atoms with van der Waals surface area (Å²) in [4.78, 5) is 53.8. The third kappa shape index (κ3) is 6.27. The van der Waals surface area contributed by atoms with Crippen molar-refractivity contribution in [2.45, 2.75) is 121 Å². The minimum absolute atomic E-state index is 0.185. The maximum absolute atomic E-state index is 13.5. The molecule has 47 heavy (non-hydrogen) atoms. The smallest absolute Gasteiger partial charge is 0.493 e. The fraction of sp³-hybridized carbons (Fsp3) is 0.647. The zero-order chi connectivity index (χ0) is 34.7. The first-order chi connectivity index (χ1) is 21.8. The molecule has 258 valence electrons. The minimum atomic E-state index is -1.71. The number of nitrogens with zero attached hydrogens (tertiary/aromatic N) is 1. The van der Waals surface area contributed by atoms with E-state index < -0.39 is 71.0 Å². The molecular weight excluding hydrogens is 614 g/mol. The van der Waals surface area contributed by atoms with Crippen molar-refractivity contribution in [2.75, 3.05) is 20.7 Å². The topological polar surface area (TPSA) is 156 Å². The average molecular weight is 660 g/mol. The van der Waals surface area contributed by atoms with Crippen LogP contribution in [0, 0.1) is 0 Å². The van der Waals surface area contributed by atoms with E-state index in [4.69, 9.17) is 33.2 Å². The van der Waals surface area contributed by atoms with E-state index in [1.165, 1.54) is 6.92 Å². The van der Waals surface area contributed by atoms with E-state index in [1.54, 1.807) is 54.7 Å². The Morgan fingerprint density at radius 2 is 1.72 bits per heavy atom. The minimum Gasteiger partial charge on any atom is -0.493 e. The third-order valence-corrected chi connectivity index (χ3v) is 9.06. The number of likely N-dealkylation sites (tertiary alicyclic amines) is 1. The molecule has 1 aromatic rings. The highest BCUT2D eigenvalue weighted by Gasteiger charge is 2.72. The number of rotatable bonds is 8. The molecule has 0 radical (unpaired) electrons. The molecule has 13 nitrogen and oxygen atoms in total. The van der Waals surface area contributed by atoms with Crippen LogP contribution < -0.4 is 9.47 Å². The van der Waals surface area contributed by atoms with Crippen LogP contribution in [0.3, 0.4) is 0 Å². The van der Waals surface area contributed by atoms with Gasteiger partial charge in [0, 0.05) is 18.0 Å². The monoisotopic (exact) mass is 659 g/mol. The van der Waals surface area contributed by atoms with Crippen molar-refractivity contribution in [1.29, 1.82) is 0 Å². The molecule has 1 N–H and O–H groups in total. The van der Waals surface area contributed by atoms with Gasteiger partial charge in [0.05, 0.1) is 24.5 Å². The van der Waals surface area contributed by atoms with Gasteiger partial charge in [0.15, 0.2) is 23.7 Å². The Morgan fingerprint density at radius 3 is 2.36 bits per heavy atom. The molecule has 2 heterocycles. The summed E-state index contributed by atoms with van der Waals surface area (Å²) in [6, 6.07) is 3.64. The van der Waals surface area contributed by atoms with Crippen LogP contribution >= 0.6 is 0 Å². The molecule has 1 fully saturated rings. The number of aliphatic hydroxyl groups is 1. The van der Waals surface area contributed by atoms with Gasteiger partial charge in [0.25, 0.3) is 0 Å². The Hall–Kier alpha value is -3.84. The van der Waals surface area contributed by atoms with Crippen molar-refractivity contribution < 1.29 is 57.4 Å². The molecular formula is C34H45NO12. The molecule has 1 aromatic carbocycles. The molecule has 0 aromatic heterocycles. The maximum atomic E-state index is 13.5. The average Bonchev–Trinajstić information content (AvgIpc) is 3.30. The van der Waals surface area contributed by atoms with E-state index >= 15 is 0 Å². The predicted octanol–water partition coefficient (Wildman–Crippen LogP) is 3.50. The van der Waals surface area contributed by atoms with Gasteiger partial charge < -0.3 is 43.2 Å². The van der Waals surface area contributed by atoms with Crippen molar-refractivity contribution in [1.82, 2.24) is 4.90 Å². The van der Waals surface area contributed by atoms with Crippen LogP contribution in [0.2, 0.25) is 0 Å². The van der Waals surface area contributed by atoms with Crippen molar-refractivity contribution in [2.24, 2.45) is 0 Å². The molecule has 4 aliphatic rings. The zero-order valence-corrected chi connectivity index (χ0v) is 28.5. The van der Waals surface area contributed by atoms with Gasteiger partial charge in [-0.15, -0.1) is 0 Å². The Bertz CT molecular complexity index is 1490. The third-order valence-electron chi connectivity index (χ3n) is 9.06. The number of carbonyl (C=O) groups is 4. The molecule has 13 heteroatoms. The summed E-state index contributed by atoms with van der Waals surface area (Å²) in [5.41, 5.74) is -2.03. The molecule has 1 spiro atoms. The summed E-state index contributed by atoms with van der Waals surface area (Å²) in [7, 11) is 3.54. The van der Waals surface area contributed by atoms with Crippen molar-refractivity contribution in [3.05, 3.63) is 35.1 Å². The van der Waals surface area contributed by atoms with Crippen LogP contribution in [0.1, 0.15) is 78.9 Å². The summed E-state index contributed by atoms with van der Waals surface area (Å²) in [5, 5.41) is 12.4. The van der Waals surface area contributed by atoms with E-state index in [0.29, 0.717) is 30.9 Å². The van der Waals surface area contributed by atoms with Crippen LogP contribution in [-0.2, 0) is 49.9 Å². The van der Waals surface area contributed by atoms with Crippen molar-refractivity contribution in [3.8, 4) is 11.5 Å². The number of hydrogen-bond acceptors (Lipinski definition) is 13. The summed E-state index contributed by atoms with van der Waals surface area (Å²) in [6.45, 7) is 11.7. The first-order valence-electron chi connectivity index (χ1n) is 15.8. The predicted molar refractivity (Wildman–Crippen MR) is 165 cm³/mol. The first kappa shape index (κ1) is 34.5. The number of benzene rings is 1. The SMILES string of the molecule is COc1ccc2c3c1O[C@H]1C(OC(=O)C[C@H](OC(=O)[C@H](C)OC(=O)OC(C)(C)C)C(=O)OC(C)(C)C)=CC[C@@]4(O)[C@H](C2)N(C)CC[C@]314. The van der Waals surface area contributed by atoms with E-state index in [1.807, 2.05) is 19.2 Å². The number of likely N-dealkylation sites (N-methyl/N-ethyl adjacent to an activating group) is 1. The maximum Gasteiger partial charge on any atom is 0.509 e. The lowest BCUT2D eigenvalue weighted by Gasteiger charge is -2.61. The summed E-state index contributed by atoms with van der Waals surface area (Å²) < 4.78 is 38.9. The van der Waals surface area contributed by atoms with Gasteiger partial charge in [-0.25, -0.2) is 14.4 Å². The summed E-state index contributed by atoms with van der Waals surface area (Å²) in [5.74, 6) is -1.76. The number of methoxy groups -OCH3 is 1. The molecule has 6 atom stereocenters. The van der Waals surface area contributed by atoms with Crippen LogP contribution in [-0.4, -0.2) is 95.9 Å². The fourth-order valence-electron chi connectivity index (χ4n) is 7.16. The molecule has 5 rings (SSSR count). The van der Waals surface area contributed by atoms with Gasteiger partial charge in [0.2, 0.25) is 6.10 Å². The molecule has 0 saturated carbocycles. The molecule has 2 aliphatic carbocycles. The molecule has 0 unspecified atom stereocenters. The van der Waals surface area contributed by atoms with Crippen LogP contribution in [0.4, 0.5) is 4.79 Å². The molecule has 1 saturated heterocycles. The second-order valence-electron chi connectivity index (χ2n) is 14.6. The molecule has 2 aliphatic heterocycles. The van der Waals surface area contributed by atoms with E-state index in [-0.39, 0.29) is 18.2 Å². The largest absolute Gasteiger partial charge is 0.509 e. The molecule has 2 bridgehead atoms. The first-order valence-corrected chi connectivity index (χ1v) is 15.8. The van der Waals surface area contributed by atoms with Gasteiger partial charge >= 0.3 is 24.1 Å².